The zero-order chi connectivity index (χ0) is 25.2. The highest BCUT2D eigenvalue weighted by Crippen LogP contribution is 2.39. The molecule has 1 aromatic heterocycles. The molecule has 0 radical (unpaired) electrons. The number of para-hydroxylation sites is 2. The van der Waals surface area contributed by atoms with Crippen molar-refractivity contribution in [3.8, 4) is 5.75 Å². The van der Waals surface area contributed by atoms with E-state index in [1.807, 2.05) is 24.3 Å². The van der Waals surface area contributed by atoms with Crippen LogP contribution in [0.15, 0.2) is 63.1 Å². The molecule has 0 spiro atoms. The van der Waals surface area contributed by atoms with Gasteiger partial charge in [-0.2, -0.15) is 0 Å². The summed E-state index contributed by atoms with van der Waals surface area (Å²) < 4.78 is 36.9. The Labute approximate surface area is 226 Å². The first-order valence-corrected chi connectivity index (χ1v) is 14.5. The Morgan fingerprint density at radius 1 is 1.16 bits per heavy atom. The molecule has 3 aromatic rings. The minimum absolute atomic E-state index is 0. The predicted molar refractivity (Wildman–Crippen MR) is 142 cm³/mol. The molecule has 5 rings (SSSR count). The van der Waals surface area contributed by atoms with Crippen molar-refractivity contribution in [1.82, 2.24) is 15.4 Å². The molecule has 1 aliphatic heterocycles. The summed E-state index contributed by atoms with van der Waals surface area (Å²) in [5.41, 5.74) is 3.20. The third-order valence-corrected chi connectivity index (χ3v) is 10.3. The summed E-state index contributed by atoms with van der Waals surface area (Å²) in [6.45, 7) is 1.48. The lowest BCUT2D eigenvalue weighted by Gasteiger charge is -2.39. The maximum atomic E-state index is 13.6. The van der Waals surface area contributed by atoms with Crippen LogP contribution in [0.5, 0.6) is 5.75 Å². The first-order chi connectivity index (χ1) is 17.4. The summed E-state index contributed by atoms with van der Waals surface area (Å²) in [5, 5.41) is 9.96. The predicted octanol–water partition coefficient (Wildman–Crippen LogP) is 4.09. The number of aromatic nitrogens is 1. The molecule has 2 aromatic carbocycles. The maximum absolute atomic E-state index is 13.6. The molecule has 37 heavy (non-hydrogen) atoms. The van der Waals surface area contributed by atoms with Crippen LogP contribution in [0.3, 0.4) is 0 Å². The van der Waals surface area contributed by atoms with Gasteiger partial charge in [-0.25, -0.2) is 18.9 Å². The molecule has 1 aliphatic carbocycles. The Kier molecular flexibility index (Phi) is 8.70. The fraction of sp³-hybridized carbons (Fsp3) is 0.440. The van der Waals surface area contributed by atoms with Crippen LogP contribution in [0.2, 0.25) is 0 Å². The Morgan fingerprint density at radius 2 is 1.86 bits per heavy atom. The molecular weight excluding hydrogens is 538 g/mol. The van der Waals surface area contributed by atoms with E-state index < -0.39 is 20.5 Å². The fourth-order valence-electron chi connectivity index (χ4n) is 4.67. The van der Waals surface area contributed by atoms with Crippen molar-refractivity contribution in [2.24, 2.45) is 0 Å². The zero-order valence-corrected chi connectivity index (χ0v) is 22.6. The first-order valence-electron chi connectivity index (χ1n) is 12.1. The highest BCUT2D eigenvalue weighted by atomic mass is 35.5. The monoisotopic (exact) mass is 567 g/mol. The lowest BCUT2D eigenvalue weighted by Crippen LogP contribution is -2.58. The molecule has 0 bridgehead atoms. The lowest BCUT2D eigenvalue weighted by molar-refractivity contribution is -0.133. The number of piperidine rings is 1. The Bertz CT molecular complexity index is 1290. The SMILES string of the molecule is Cl.O=C(NO)C1(S(=O)(=O)c2ccc(OCCCSc3nc4ccccc4o3)cc2)CCN(C2CC2)CC1. The molecule has 12 heteroatoms. The Balaban J connectivity index is 0.00000320. The number of fused-ring (bicyclic) bond motifs is 1. The molecule has 1 saturated heterocycles. The summed E-state index contributed by atoms with van der Waals surface area (Å²) in [6.07, 6.45) is 3.27. The normalized spacial score (nSPS) is 17.8. The molecule has 9 nitrogen and oxygen atoms in total. The van der Waals surface area contributed by atoms with E-state index in [1.165, 1.54) is 23.9 Å². The summed E-state index contributed by atoms with van der Waals surface area (Å²) in [5.74, 6) is 0.440. The highest BCUT2D eigenvalue weighted by Gasteiger charge is 2.53. The summed E-state index contributed by atoms with van der Waals surface area (Å²) in [6, 6.07) is 14.3. The standard InChI is InChI=1S/C25H29N3O6S2.ClH/c29-23(27-30)25(12-14-28(15-13-25)18-6-7-18)36(31,32)20-10-8-19(9-11-20)33-16-3-17-35-24-26-21-4-1-2-5-22(21)34-24;/h1-2,4-5,8-11,18,30H,3,6-7,12-17H2,(H,27,29);1H. The van der Waals surface area contributed by atoms with Gasteiger partial charge in [0.05, 0.1) is 11.5 Å². The molecule has 2 fully saturated rings. The average molecular weight is 568 g/mol. The second-order valence-corrected chi connectivity index (χ2v) is 12.5. The topological polar surface area (TPSA) is 122 Å². The van der Waals surface area contributed by atoms with Gasteiger partial charge in [0.15, 0.2) is 20.2 Å². The van der Waals surface area contributed by atoms with Crippen LogP contribution in [0, 0.1) is 0 Å². The maximum Gasteiger partial charge on any atom is 0.265 e. The number of ether oxygens (including phenoxy) is 1. The summed E-state index contributed by atoms with van der Waals surface area (Å²) in [7, 11) is -4.03. The molecule has 2 heterocycles. The van der Waals surface area contributed by atoms with Gasteiger partial charge in [-0.3, -0.25) is 10.0 Å². The van der Waals surface area contributed by atoms with Gasteiger partial charge in [-0.05, 0) is 68.5 Å². The van der Waals surface area contributed by atoms with Crippen molar-refractivity contribution >= 4 is 51.0 Å². The number of hydrogen-bond acceptors (Lipinski definition) is 9. The number of rotatable bonds is 10. The van der Waals surface area contributed by atoms with E-state index in [9.17, 15) is 18.4 Å². The van der Waals surface area contributed by atoms with Crippen LogP contribution in [-0.4, -0.2) is 65.7 Å². The third kappa shape index (κ3) is 5.75. The Hall–Kier alpha value is -2.31. The van der Waals surface area contributed by atoms with Crippen LogP contribution >= 0.6 is 24.2 Å². The molecule has 200 valence electrons. The molecule has 1 amide bonds. The van der Waals surface area contributed by atoms with Gasteiger partial charge in [0.1, 0.15) is 11.3 Å². The van der Waals surface area contributed by atoms with Gasteiger partial charge in [0.2, 0.25) is 0 Å². The van der Waals surface area contributed by atoms with Crippen molar-refractivity contribution in [2.75, 3.05) is 25.4 Å². The summed E-state index contributed by atoms with van der Waals surface area (Å²) >= 11 is 1.51. The van der Waals surface area contributed by atoms with Gasteiger partial charge < -0.3 is 14.1 Å². The van der Waals surface area contributed by atoms with Gasteiger partial charge >= 0.3 is 0 Å². The van der Waals surface area contributed by atoms with Crippen molar-refractivity contribution in [3.05, 3.63) is 48.5 Å². The van der Waals surface area contributed by atoms with E-state index in [2.05, 4.69) is 9.88 Å². The van der Waals surface area contributed by atoms with E-state index in [0.717, 1.165) is 36.1 Å². The number of carbonyl (C=O) groups is 1. The number of sulfone groups is 1. The van der Waals surface area contributed by atoms with E-state index in [1.54, 1.807) is 17.6 Å². The molecule has 1 saturated carbocycles. The van der Waals surface area contributed by atoms with E-state index in [4.69, 9.17) is 9.15 Å². The van der Waals surface area contributed by atoms with Crippen molar-refractivity contribution < 1.29 is 27.6 Å². The van der Waals surface area contributed by atoms with Crippen molar-refractivity contribution in [2.45, 2.75) is 53.0 Å². The Morgan fingerprint density at radius 3 is 2.51 bits per heavy atom. The number of halogens is 1. The molecule has 2 N–H and O–H groups in total. The second-order valence-electron chi connectivity index (χ2n) is 9.18. The van der Waals surface area contributed by atoms with Crippen LogP contribution < -0.4 is 10.2 Å². The number of thioether (sulfide) groups is 1. The van der Waals surface area contributed by atoms with Crippen LogP contribution in [0.4, 0.5) is 0 Å². The van der Waals surface area contributed by atoms with Gasteiger partial charge in [0.25, 0.3) is 11.1 Å². The number of benzene rings is 2. The van der Waals surface area contributed by atoms with E-state index >= 15 is 0 Å². The lowest BCUT2D eigenvalue weighted by atomic mass is 9.94. The van der Waals surface area contributed by atoms with Crippen molar-refractivity contribution in [1.29, 1.82) is 0 Å². The number of nitrogens with one attached hydrogen (secondary N) is 1. The average Bonchev–Trinajstić information content (AvgIpc) is 3.67. The number of hydrogen-bond donors (Lipinski definition) is 2. The zero-order valence-electron chi connectivity index (χ0n) is 20.2. The van der Waals surface area contributed by atoms with Crippen molar-refractivity contribution in [3.63, 3.8) is 0 Å². The van der Waals surface area contributed by atoms with Gasteiger partial charge in [-0.15, -0.1) is 12.4 Å². The third-order valence-electron chi connectivity index (χ3n) is 6.89. The van der Waals surface area contributed by atoms with Gasteiger partial charge in [-0.1, -0.05) is 23.9 Å². The number of carbonyl (C=O) groups excluding carboxylic acids is 1. The molecule has 0 unspecified atom stereocenters. The smallest absolute Gasteiger partial charge is 0.265 e. The molecule has 2 aliphatic rings. The highest BCUT2D eigenvalue weighted by molar-refractivity contribution is 7.99. The van der Waals surface area contributed by atoms with Crippen LogP contribution in [-0.2, 0) is 14.6 Å². The number of nitrogens with zero attached hydrogens (tertiary/aromatic N) is 2. The van der Waals surface area contributed by atoms with E-state index in [0.29, 0.717) is 36.7 Å². The van der Waals surface area contributed by atoms with E-state index in [-0.39, 0.29) is 30.1 Å². The first kappa shape index (κ1) is 27.7. The fourth-order valence-corrected chi connectivity index (χ4v) is 7.38. The largest absolute Gasteiger partial charge is 0.494 e. The minimum Gasteiger partial charge on any atom is -0.494 e. The molecular formula is C25H30ClN3O6S2. The van der Waals surface area contributed by atoms with Gasteiger partial charge in [0, 0.05) is 24.9 Å². The quantitative estimate of drug-likeness (QED) is 0.161. The van der Waals surface area contributed by atoms with Crippen LogP contribution in [0.1, 0.15) is 32.1 Å². The second kappa shape index (κ2) is 11.6. The summed E-state index contributed by atoms with van der Waals surface area (Å²) in [4.78, 5) is 19.3. The molecule has 0 atom stereocenters. The van der Waals surface area contributed by atoms with Crippen LogP contribution in [0.25, 0.3) is 11.1 Å². The number of hydroxylamine groups is 1. The number of oxazole rings is 1. The minimum atomic E-state index is -4.03. The number of amides is 1. The number of likely N-dealkylation sites (tertiary alicyclic amines) is 1.